The minimum absolute atomic E-state index is 0.756. The summed E-state index contributed by atoms with van der Waals surface area (Å²) < 4.78 is 7.37. The molecule has 1 aromatic rings. The summed E-state index contributed by atoms with van der Waals surface area (Å²) in [6.07, 6.45) is 5.86. The number of carbonyl (C=O) groups excluding carboxylic acids is 1. The summed E-state index contributed by atoms with van der Waals surface area (Å²) >= 11 is 0. The quantitative estimate of drug-likeness (QED) is 0.698. The maximum absolute atomic E-state index is 10.5. The van der Waals surface area contributed by atoms with Crippen molar-refractivity contribution < 1.29 is 9.53 Å². The van der Waals surface area contributed by atoms with Gasteiger partial charge in [-0.1, -0.05) is 0 Å². The third-order valence-electron chi connectivity index (χ3n) is 2.90. The highest BCUT2D eigenvalue weighted by Crippen LogP contribution is 2.02. The van der Waals surface area contributed by atoms with Gasteiger partial charge in [-0.15, -0.1) is 0 Å². The van der Waals surface area contributed by atoms with Crippen LogP contribution in [0.3, 0.4) is 0 Å². The lowest BCUT2D eigenvalue weighted by molar-refractivity contribution is 0.0369. The monoisotopic (exact) mass is 222 g/mol. The fraction of sp³-hybridized carbons (Fsp3) is 0.583. The molecule has 4 nitrogen and oxygen atoms in total. The van der Waals surface area contributed by atoms with Crippen molar-refractivity contribution in [1.82, 2.24) is 9.47 Å². The van der Waals surface area contributed by atoms with Gasteiger partial charge >= 0.3 is 0 Å². The zero-order valence-corrected chi connectivity index (χ0v) is 9.47. The van der Waals surface area contributed by atoms with E-state index in [9.17, 15) is 4.79 Å². The van der Waals surface area contributed by atoms with Crippen LogP contribution in [0.4, 0.5) is 0 Å². The zero-order chi connectivity index (χ0) is 11.2. The summed E-state index contributed by atoms with van der Waals surface area (Å²) in [7, 11) is 0. The summed E-state index contributed by atoms with van der Waals surface area (Å²) in [6.45, 7) is 5.90. The van der Waals surface area contributed by atoms with Gasteiger partial charge in [-0.3, -0.25) is 9.69 Å². The highest BCUT2D eigenvalue weighted by Gasteiger charge is 2.09. The Morgan fingerprint density at radius 2 is 2.12 bits per heavy atom. The van der Waals surface area contributed by atoms with Gasteiger partial charge in [0.2, 0.25) is 0 Å². The molecule has 0 bridgehead atoms. The summed E-state index contributed by atoms with van der Waals surface area (Å²) in [5.74, 6) is 0. The molecule has 2 heterocycles. The van der Waals surface area contributed by atoms with Gasteiger partial charge in [-0.05, 0) is 12.5 Å². The van der Waals surface area contributed by atoms with Crippen molar-refractivity contribution in [1.29, 1.82) is 0 Å². The lowest BCUT2D eigenvalue weighted by Crippen LogP contribution is -2.37. The molecule has 0 radical (unpaired) electrons. The van der Waals surface area contributed by atoms with Crippen LogP contribution < -0.4 is 0 Å². The number of hydrogen-bond donors (Lipinski definition) is 0. The molecule has 2 rings (SSSR count). The largest absolute Gasteiger partial charge is 0.379 e. The average molecular weight is 222 g/mol. The van der Waals surface area contributed by atoms with Crippen LogP contribution >= 0.6 is 0 Å². The number of ether oxygens (including phenoxy) is 1. The van der Waals surface area contributed by atoms with E-state index in [0.717, 1.165) is 57.7 Å². The van der Waals surface area contributed by atoms with Gasteiger partial charge in [-0.25, -0.2) is 0 Å². The maximum Gasteiger partial charge on any atom is 0.151 e. The fourth-order valence-electron chi connectivity index (χ4n) is 1.97. The van der Waals surface area contributed by atoms with Gasteiger partial charge in [0.05, 0.1) is 13.2 Å². The molecular formula is C12H18N2O2. The van der Waals surface area contributed by atoms with Crippen molar-refractivity contribution >= 4 is 6.29 Å². The molecule has 4 heteroatoms. The van der Waals surface area contributed by atoms with Crippen LogP contribution in [0.1, 0.15) is 16.8 Å². The van der Waals surface area contributed by atoms with Crippen LogP contribution in [0.25, 0.3) is 0 Å². The molecule has 1 aliphatic rings. The predicted octanol–water partition coefficient (Wildman–Crippen LogP) is 1.02. The number of aldehydes is 1. The molecule has 0 N–H and O–H groups in total. The first kappa shape index (κ1) is 11.4. The Bertz CT molecular complexity index is 330. The first-order valence-corrected chi connectivity index (χ1v) is 5.79. The van der Waals surface area contributed by atoms with E-state index in [0.29, 0.717) is 0 Å². The number of aryl methyl sites for hydroxylation is 1. The second-order valence-corrected chi connectivity index (χ2v) is 4.11. The van der Waals surface area contributed by atoms with Gasteiger partial charge in [-0.2, -0.15) is 0 Å². The molecule has 1 aliphatic heterocycles. The van der Waals surface area contributed by atoms with Crippen molar-refractivity contribution in [2.24, 2.45) is 0 Å². The third kappa shape index (κ3) is 3.18. The smallest absolute Gasteiger partial charge is 0.151 e. The fourth-order valence-corrected chi connectivity index (χ4v) is 1.97. The topological polar surface area (TPSA) is 34.5 Å². The summed E-state index contributed by atoms with van der Waals surface area (Å²) in [4.78, 5) is 12.9. The molecule has 0 aliphatic carbocycles. The normalized spacial score (nSPS) is 17.5. The molecule has 88 valence electrons. The molecule has 1 aromatic heterocycles. The minimum atomic E-state index is 0.756. The molecule has 0 unspecified atom stereocenters. The van der Waals surface area contributed by atoms with Gasteiger partial charge in [0.1, 0.15) is 0 Å². The van der Waals surface area contributed by atoms with Crippen LogP contribution in [0.15, 0.2) is 18.5 Å². The molecule has 0 atom stereocenters. The van der Waals surface area contributed by atoms with Crippen LogP contribution in [0, 0.1) is 0 Å². The number of hydrogen-bond acceptors (Lipinski definition) is 3. The van der Waals surface area contributed by atoms with E-state index in [1.807, 2.05) is 18.5 Å². The molecule has 16 heavy (non-hydrogen) atoms. The Balaban J connectivity index is 1.68. The van der Waals surface area contributed by atoms with E-state index in [4.69, 9.17) is 4.74 Å². The van der Waals surface area contributed by atoms with Crippen LogP contribution in [0.5, 0.6) is 0 Å². The van der Waals surface area contributed by atoms with Crippen LogP contribution in [-0.4, -0.2) is 48.6 Å². The van der Waals surface area contributed by atoms with Gasteiger partial charge < -0.3 is 9.30 Å². The Kier molecular flexibility index (Phi) is 4.13. The van der Waals surface area contributed by atoms with Crippen molar-refractivity contribution in [3.8, 4) is 0 Å². The highest BCUT2D eigenvalue weighted by atomic mass is 16.5. The van der Waals surface area contributed by atoms with E-state index in [1.54, 1.807) is 0 Å². The second-order valence-electron chi connectivity index (χ2n) is 4.11. The van der Waals surface area contributed by atoms with Gasteiger partial charge in [0.15, 0.2) is 6.29 Å². The third-order valence-corrected chi connectivity index (χ3v) is 2.90. The molecule has 0 spiro atoms. The molecule has 1 saturated heterocycles. The maximum atomic E-state index is 10.5. The summed E-state index contributed by atoms with van der Waals surface area (Å²) in [6, 6.07) is 1.85. The molecule has 0 amide bonds. The summed E-state index contributed by atoms with van der Waals surface area (Å²) in [5, 5.41) is 0. The van der Waals surface area contributed by atoms with E-state index in [2.05, 4.69) is 9.47 Å². The van der Waals surface area contributed by atoms with Gasteiger partial charge in [0.25, 0.3) is 0 Å². The van der Waals surface area contributed by atoms with Crippen LogP contribution in [-0.2, 0) is 11.3 Å². The minimum Gasteiger partial charge on any atom is -0.379 e. The van der Waals surface area contributed by atoms with Crippen molar-refractivity contribution in [2.75, 3.05) is 32.8 Å². The van der Waals surface area contributed by atoms with Gasteiger partial charge in [0, 0.05) is 44.1 Å². The Labute approximate surface area is 95.8 Å². The first-order chi connectivity index (χ1) is 7.88. The van der Waals surface area contributed by atoms with E-state index < -0.39 is 0 Å². The molecule has 0 saturated carbocycles. The standard InChI is InChI=1S/C12H18N2O2/c15-11-12-2-5-14(10-12)4-1-3-13-6-8-16-9-7-13/h2,5,10-11H,1,3-4,6-9H2. The number of aromatic nitrogens is 1. The van der Waals surface area contributed by atoms with E-state index >= 15 is 0 Å². The lowest BCUT2D eigenvalue weighted by atomic mass is 10.3. The molecule has 1 fully saturated rings. The molecular weight excluding hydrogens is 204 g/mol. The number of nitrogens with zero attached hydrogens (tertiary/aromatic N) is 2. The number of rotatable bonds is 5. The highest BCUT2D eigenvalue weighted by molar-refractivity contribution is 5.74. The SMILES string of the molecule is O=Cc1ccn(CCCN2CCOCC2)c1. The Morgan fingerprint density at radius 1 is 1.31 bits per heavy atom. The first-order valence-electron chi connectivity index (χ1n) is 5.79. The number of morpholine rings is 1. The summed E-state index contributed by atoms with van der Waals surface area (Å²) in [5.41, 5.74) is 0.756. The van der Waals surface area contributed by atoms with Crippen LogP contribution in [0.2, 0.25) is 0 Å². The number of carbonyl (C=O) groups is 1. The lowest BCUT2D eigenvalue weighted by Gasteiger charge is -2.26. The van der Waals surface area contributed by atoms with Crippen molar-refractivity contribution in [3.63, 3.8) is 0 Å². The van der Waals surface area contributed by atoms with Crippen molar-refractivity contribution in [2.45, 2.75) is 13.0 Å². The van der Waals surface area contributed by atoms with Crippen molar-refractivity contribution in [3.05, 3.63) is 24.0 Å². The molecule has 0 aromatic carbocycles. The zero-order valence-electron chi connectivity index (χ0n) is 9.47. The Hall–Kier alpha value is -1.13. The van der Waals surface area contributed by atoms with E-state index in [-0.39, 0.29) is 0 Å². The Morgan fingerprint density at radius 3 is 2.81 bits per heavy atom. The predicted molar refractivity (Wildman–Crippen MR) is 61.7 cm³/mol. The second kappa shape index (κ2) is 5.82. The van der Waals surface area contributed by atoms with E-state index in [1.165, 1.54) is 0 Å². The average Bonchev–Trinajstić information content (AvgIpc) is 2.78.